The Kier molecular flexibility index (Phi) is 2.55. The van der Waals surface area contributed by atoms with Crippen LogP contribution >= 0.6 is 0 Å². The number of hydrogen-bond acceptors (Lipinski definition) is 2. The van der Waals surface area contributed by atoms with Crippen molar-refractivity contribution in [3.63, 3.8) is 0 Å². The highest BCUT2D eigenvalue weighted by molar-refractivity contribution is 4.90. The van der Waals surface area contributed by atoms with Gasteiger partial charge in [-0.2, -0.15) is 0 Å². The molecule has 11 heavy (non-hydrogen) atoms. The van der Waals surface area contributed by atoms with Gasteiger partial charge in [0.05, 0.1) is 12.2 Å². The molecule has 66 valence electrons. The molecule has 0 unspecified atom stereocenters. The fourth-order valence-electron chi connectivity index (χ4n) is 1.91. The molecule has 0 radical (unpaired) electrons. The van der Waals surface area contributed by atoms with Crippen molar-refractivity contribution in [1.82, 2.24) is 0 Å². The summed E-state index contributed by atoms with van der Waals surface area (Å²) in [6.07, 6.45) is 2.83. The number of rotatable bonds is 2. The van der Waals surface area contributed by atoms with E-state index in [1.807, 2.05) is 0 Å². The molecular formula is C9H18O2. The van der Waals surface area contributed by atoms with E-state index in [4.69, 9.17) is 9.47 Å². The Balaban J connectivity index is 2.55. The summed E-state index contributed by atoms with van der Waals surface area (Å²) in [5.74, 6) is 0. The quantitative estimate of drug-likeness (QED) is 0.610. The van der Waals surface area contributed by atoms with Crippen LogP contribution in [0.1, 0.15) is 26.7 Å². The molecule has 1 aliphatic carbocycles. The Morgan fingerprint density at radius 1 is 1.00 bits per heavy atom. The normalized spacial score (nSPS) is 36.0. The maximum absolute atomic E-state index is 5.33. The largest absolute Gasteiger partial charge is 0.379 e. The van der Waals surface area contributed by atoms with Crippen molar-refractivity contribution < 1.29 is 9.47 Å². The maximum Gasteiger partial charge on any atom is 0.0838 e. The molecule has 0 aromatic carbocycles. The van der Waals surface area contributed by atoms with Crippen molar-refractivity contribution >= 4 is 0 Å². The summed E-state index contributed by atoms with van der Waals surface area (Å²) in [5.41, 5.74) is 0.390. The Morgan fingerprint density at radius 2 is 1.36 bits per heavy atom. The molecule has 0 saturated heterocycles. The van der Waals surface area contributed by atoms with Gasteiger partial charge in [0.25, 0.3) is 0 Å². The van der Waals surface area contributed by atoms with Crippen molar-refractivity contribution in [3.8, 4) is 0 Å². The van der Waals surface area contributed by atoms with Crippen LogP contribution in [0, 0.1) is 5.41 Å². The van der Waals surface area contributed by atoms with Gasteiger partial charge in [0.1, 0.15) is 0 Å². The van der Waals surface area contributed by atoms with E-state index in [0.717, 1.165) is 12.8 Å². The minimum Gasteiger partial charge on any atom is -0.379 e. The summed E-state index contributed by atoms with van der Waals surface area (Å²) < 4.78 is 10.7. The van der Waals surface area contributed by atoms with Gasteiger partial charge in [-0.25, -0.2) is 0 Å². The standard InChI is InChI=1S/C9H18O2/c1-9(2)5-7(10-3)8(6-9)11-4/h7-8H,5-6H2,1-4H3/t7-,8-/m1/s1. The van der Waals surface area contributed by atoms with Crippen LogP contribution in [-0.4, -0.2) is 26.4 Å². The van der Waals surface area contributed by atoms with Crippen LogP contribution in [0.25, 0.3) is 0 Å². The van der Waals surface area contributed by atoms with Gasteiger partial charge in [-0.3, -0.25) is 0 Å². The van der Waals surface area contributed by atoms with E-state index in [2.05, 4.69) is 13.8 Å². The zero-order chi connectivity index (χ0) is 8.48. The van der Waals surface area contributed by atoms with E-state index in [1.54, 1.807) is 14.2 Å². The van der Waals surface area contributed by atoms with E-state index in [0.29, 0.717) is 17.6 Å². The lowest BCUT2D eigenvalue weighted by Crippen LogP contribution is -2.23. The van der Waals surface area contributed by atoms with E-state index in [-0.39, 0.29) is 0 Å². The first-order chi connectivity index (χ1) is 5.09. The van der Waals surface area contributed by atoms with Gasteiger partial charge in [0.15, 0.2) is 0 Å². The molecule has 0 N–H and O–H groups in total. The van der Waals surface area contributed by atoms with Gasteiger partial charge in [0, 0.05) is 14.2 Å². The molecular weight excluding hydrogens is 140 g/mol. The predicted octanol–water partition coefficient (Wildman–Crippen LogP) is 1.84. The summed E-state index contributed by atoms with van der Waals surface area (Å²) in [5, 5.41) is 0. The Labute approximate surface area is 68.9 Å². The SMILES string of the molecule is CO[C@@H]1CC(C)(C)C[C@H]1OC. The van der Waals surface area contributed by atoms with Crippen molar-refractivity contribution in [3.05, 3.63) is 0 Å². The topological polar surface area (TPSA) is 18.5 Å². The first kappa shape index (κ1) is 9.01. The zero-order valence-electron chi connectivity index (χ0n) is 7.89. The summed E-state index contributed by atoms with van der Waals surface area (Å²) in [6.45, 7) is 4.52. The van der Waals surface area contributed by atoms with Crippen LogP contribution in [0.5, 0.6) is 0 Å². The summed E-state index contributed by atoms with van der Waals surface area (Å²) in [4.78, 5) is 0. The van der Waals surface area contributed by atoms with Crippen LogP contribution in [0.15, 0.2) is 0 Å². The van der Waals surface area contributed by atoms with E-state index >= 15 is 0 Å². The average Bonchev–Trinajstić information content (AvgIpc) is 2.25. The second kappa shape index (κ2) is 3.11. The summed E-state index contributed by atoms with van der Waals surface area (Å²) >= 11 is 0. The van der Waals surface area contributed by atoms with Gasteiger partial charge in [-0.15, -0.1) is 0 Å². The minimum absolute atomic E-state index is 0.301. The van der Waals surface area contributed by atoms with E-state index in [9.17, 15) is 0 Å². The molecule has 0 heterocycles. The maximum atomic E-state index is 5.33. The highest BCUT2D eigenvalue weighted by atomic mass is 16.5. The molecule has 1 rings (SSSR count). The monoisotopic (exact) mass is 158 g/mol. The van der Waals surface area contributed by atoms with Crippen molar-refractivity contribution in [1.29, 1.82) is 0 Å². The molecule has 2 heteroatoms. The number of methoxy groups -OCH3 is 2. The molecule has 2 nitrogen and oxygen atoms in total. The molecule has 0 amide bonds. The Morgan fingerprint density at radius 3 is 1.64 bits per heavy atom. The zero-order valence-corrected chi connectivity index (χ0v) is 7.89. The van der Waals surface area contributed by atoms with E-state index < -0.39 is 0 Å². The van der Waals surface area contributed by atoms with Gasteiger partial charge >= 0.3 is 0 Å². The number of ether oxygens (including phenoxy) is 2. The minimum atomic E-state index is 0.301. The van der Waals surface area contributed by atoms with Gasteiger partial charge in [-0.05, 0) is 18.3 Å². The van der Waals surface area contributed by atoms with Crippen LogP contribution in [0.2, 0.25) is 0 Å². The van der Waals surface area contributed by atoms with Gasteiger partial charge in [0.2, 0.25) is 0 Å². The lowest BCUT2D eigenvalue weighted by atomic mass is 9.92. The molecule has 0 aromatic heterocycles. The van der Waals surface area contributed by atoms with Crippen LogP contribution in [0.3, 0.4) is 0 Å². The predicted molar refractivity (Wildman–Crippen MR) is 44.6 cm³/mol. The lowest BCUT2D eigenvalue weighted by Gasteiger charge is -2.15. The van der Waals surface area contributed by atoms with Crippen molar-refractivity contribution in [2.24, 2.45) is 5.41 Å². The van der Waals surface area contributed by atoms with Crippen LogP contribution in [-0.2, 0) is 9.47 Å². The number of hydrogen-bond donors (Lipinski definition) is 0. The third-order valence-electron chi connectivity index (χ3n) is 2.53. The van der Waals surface area contributed by atoms with Crippen LogP contribution < -0.4 is 0 Å². The molecule has 0 aromatic rings. The molecule has 0 bridgehead atoms. The van der Waals surface area contributed by atoms with E-state index in [1.165, 1.54) is 0 Å². The molecule has 2 atom stereocenters. The van der Waals surface area contributed by atoms with Crippen LogP contribution in [0.4, 0.5) is 0 Å². The summed E-state index contributed by atoms with van der Waals surface area (Å²) in [7, 11) is 3.52. The van der Waals surface area contributed by atoms with Crippen molar-refractivity contribution in [2.45, 2.75) is 38.9 Å². The molecule has 0 aliphatic heterocycles. The van der Waals surface area contributed by atoms with Gasteiger partial charge < -0.3 is 9.47 Å². The Hall–Kier alpha value is -0.0800. The second-order valence-corrected chi connectivity index (χ2v) is 4.12. The molecule has 1 fully saturated rings. The highest BCUT2D eigenvalue weighted by Crippen LogP contribution is 2.39. The Bertz CT molecular complexity index is 118. The highest BCUT2D eigenvalue weighted by Gasteiger charge is 2.39. The lowest BCUT2D eigenvalue weighted by molar-refractivity contribution is -0.0157. The molecule has 1 saturated carbocycles. The third kappa shape index (κ3) is 1.94. The third-order valence-corrected chi connectivity index (χ3v) is 2.53. The molecule has 1 aliphatic rings. The second-order valence-electron chi connectivity index (χ2n) is 4.12. The van der Waals surface area contributed by atoms with Gasteiger partial charge in [-0.1, -0.05) is 13.8 Å². The van der Waals surface area contributed by atoms with Crippen molar-refractivity contribution in [2.75, 3.05) is 14.2 Å². The first-order valence-corrected chi connectivity index (χ1v) is 4.14. The molecule has 0 spiro atoms. The summed E-state index contributed by atoms with van der Waals surface area (Å²) in [6, 6.07) is 0. The average molecular weight is 158 g/mol. The fourth-order valence-corrected chi connectivity index (χ4v) is 1.91. The smallest absolute Gasteiger partial charge is 0.0838 e. The first-order valence-electron chi connectivity index (χ1n) is 4.14. The fraction of sp³-hybridized carbons (Fsp3) is 1.00.